The fraction of sp³-hybridized carbons (Fsp3) is 0.600. The quantitative estimate of drug-likeness (QED) is 0.848. The van der Waals surface area contributed by atoms with Crippen LogP contribution in [0, 0.1) is 0 Å². The molecule has 1 fully saturated rings. The predicted molar refractivity (Wildman–Crippen MR) is 99.7 cm³/mol. The van der Waals surface area contributed by atoms with Crippen molar-refractivity contribution >= 4 is 12.0 Å². The van der Waals surface area contributed by atoms with Gasteiger partial charge in [-0.3, -0.25) is 4.79 Å². The number of primary amides is 1. The SMILES string of the molecule is CC1Cc2ccc(C3CNC(C(N)=O)C3)cc2CN1C(=O)OC(C)(C)C. The summed E-state index contributed by atoms with van der Waals surface area (Å²) in [6.07, 6.45) is 1.28. The summed E-state index contributed by atoms with van der Waals surface area (Å²) in [5.74, 6) is -0.0255. The Morgan fingerprint density at radius 3 is 2.62 bits per heavy atom. The molecule has 0 radical (unpaired) electrons. The Bertz CT molecular complexity index is 711. The maximum Gasteiger partial charge on any atom is 0.410 e. The van der Waals surface area contributed by atoms with E-state index in [1.807, 2.05) is 20.8 Å². The van der Waals surface area contributed by atoms with Crippen LogP contribution in [0.25, 0.3) is 0 Å². The molecule has 26 heavy (non-hydrogen) atoms. The summed E-state index contributed by atoms with van der Waals surface area (Å²) in [5.41, 5.74) is 8.54. The van der Waals surface area contributed by atoms with Crippen molar-refractivity contribution in [3.63, 3.8) is 0 Å². The minimum Gasteiger partial charge on any atom is -0.444 e. The van der Waals surface area contributed by atoms with Crippen LogP contribution in [0.15, 0.2) is 18.2 Å². The van der Waals surface area contributed by atoms with E-state index in [0.717, 1.165) is 24.9 Å². The topological polar surface area (TPSA) is 84.7 Å². The molecule has 2 aliphatic heterocycles. The third kappa shape index (κ3) is 4.01. The lowest BCUT2D eigenvalue weighted by Gasteiger charge is -2.36. The van der Waals surface area contributed by atoms with Gasteiger partial charge in [-0.25, -0.2) is 4.79 Å². The standard InChI is InChI=1S/C20H29N3O3/c1-12-7-13-5-6-14(15-9-17(18(21)24)22-10-15)8-16(13)11-23(12)19(25)26-20(2,3)4/h5-6,8,12,15,17,22H,7,9-11H2,1-4H3,(H2,21,24). The average Bonchev–Trinajstić information content (AvgIpc) is 3.02. The highest BCUT2D eigenvalue weighted by Crippen LogP contribution is 2.31. The second kappa shape index (κ2) is 6.91. The summed E-state index contributed by atoms with van der Waals surface area (Å²) in [7, 11) is 0. The molecule has 3 N–H and O–H groups in total. The number of hydrogen-bond acceptors (Lipinski definition) is 4. The number of fused-ring (bicyclic) bond motifs is 1. The second-order valence-electron chi connectivity index (χ2n) is 8.49. The summed E-state index contributed by atoms with van der Waals surface area (Å²) in [6, 6.07) is 6.33. The first-order chi connectivity index (χ1) is 12.1. The summed E-state index contributed by atoms with van der Waals surface area (Å²) in [6.45, 7) is 9.01. The van der Waals surface area contributed by atoms with Gasteiger partial charge in [-0.05, 0) is 63.1 Å². The molecule has 2 heterocycles. The van der Waals surface area contributed by atoms with Gasteiger partial charge in [-0.2, -0.15) is 0 Å². The van der Waals surface area contributed by atoms with Crippen LogP contribution in [0.5, 0.6) is 0 Å². The van der Waals surface area contributed by atoms with Gasteiger partial charge >= 0.3 is 6.09 Å². The molecule has 1 aromatic rings. The van der Waals surface area contributed by atoms with Crippen molar-refractivity contribution in [3.05, 3.63) is 34.9 Å². The molecule has 0 aromatic heterocycles. The first-order valence-electron chi connectivity index (χ1n) is 9.28. The number of amides is 2. The van der Waals surface area contributed by atoms with Crippen molar-refractivity contribution in [2.24, 2.45) is 5.73 Å². The summed E-state index contributed by atoms with van der Waals surface area (Å²) >= 11 is 0. The van der Waals surface area contributed by atoms with E-state index >= 15 is 0 Å². The minimum absolute atomic E-state index is 0.107. The van der Waals surface area contributed by atoms with Crippen molar-refractivity contribution < 1.29 is 14.3 Å². The van der Waals surface area contributed by atoms with E-state index in [0.29, 0.717) is 6.54 Å². The van der Waals surface area contributed by atoms with Crippen LogP contribution in [-0.2, 0) is 22.5 Å². The smallest absolute Gasteiger partial charge is 0.410 e. The average molecular weight is 359 g/mol. The number of hydrogen-bond donors (Lipinski definition) is 2. The Morgan fingerprint density at radius 2 is 2.00 bits per heavy atom. The van der Waals surface area contributed by atoms with Crippen LogP contribution in [0.3, 0.4) is 0 Å². The van der Waals surface area contributed by atoms with Gasteiger partial charge in [-0.15, -0.1) is 0 Å². The number of rotatable bonds is 2. The Kier molecular flexibility index (Phi) is 4.97. The van der Waals surface area contributed by atoms with Crippen LogP contribution in [0.4, 0.5) is 4.79 Å². The Balaban J connectivity index is 1.76. The van der Waals surface area contributed by atoms with E-state index < -0.39 is 5.60 Å². The molecule has 0 aliphatic carbocycles. The van der Waals surface area contributed by atoms with Crippen molar-refractivity contribution in [1.82, 2.24) is 10.2 Å². The van der Waals surface area contributed by atoms with Gasteiger partial charge in [0.2, 0.25) is 5.91 Å². The first-order valence-corrected chi connectivity index (χ1v) is 9.28. The van der Waals surface area contributed by atoms with Crippen LogP contribution in [0.1, 0.15) is 56.7 Å². The molecule has 6 nitrogen and oxygen atoms in total. The third-order valence-electron chi connectivity index (χ3n) is 5.19. The number of nitrogens with one attached hydrogen (secondary N) is 1. The number of benzene rings is 1. The van der Waals surface area contributed by atoms with Gasteiger partial charge in [0.05, 0.1) is 6.04 Å². The van der Waals surface area contributed by atoms with Crippen molar-refractivity contribution in [3.8, 4) is 0 Å². The zero-order chi connectivity index (χ0) is 19.1. The van der Waals surface area contributed by atoms with E-state index in [1.54, 1.807) is 4.90 Å². The highest BCUT2D eigenvalue weighted by molar-refractivity contribution is 5.80. The van der Waals surface area contributed by atoms with E-state index in [1.165, 1.54) is 11.1 Å². The molecule has 1 saturated heterocycles. The lowest BCUT2D eigenvalue weighted by Crippen LogP contribution is -2.45. The van der Waals surface area contributed by atoms with Gasteiger partial charge in [0.15, 0.2) is 0 Å². The number of nitrogens with zero attached hydrogens (tertiary/aromatic N) is 1. The molecule has 2 amide bonds. The molecule has 0 bridgehead atoms. The third-order valence-corrected chi connectivity index (χ3v) is 5.19. The minimum atomic E-state index is -0.502. The van der Waals surface area contributed by atoms with Crippen molar-refractivity contribution in [2.45, 2.75) is 70.7 Å². The lowest BCUT2D eigenvalue weighted by molar-refractivity contribution is -0.119. The van der Waals surface area contributed by atoms with E-state index in [9.17, 15) is 9.59 Å². The van der Waals surface area contributed by atoms with Gasteiger partial charge < -0.3 is 20.7 Å². The number of ether oxygens (including phenoxy) is 1. The molecular weight excluding hydrogens is 330 g/mol. The molecule has 2 aliphatic rings. The number of nitrogens with two attached hydrogens (primary N) is 1. The maximum atomic E-state index is 12.5. The highest BCUT2D eigenvalue weighted by atomic mass is 16.6. The van der Waals surface area contributed by atoms with Crippen LogP contribution < -0.4 is 11.1 Å². The maximum absolute atomic E-state index is 12.5. The summed E-state index contributed by atoms with van der Waals surface area (Å²) < 4.78 is 5.56. The molecule has 0 spiro atoms. The van der Waals surface area contributed by atoms with E-state index in [2.05, 4.69) is 30.4 Å². The molecule has 1 aromatic carbocycles. The lowest BCUT2D eigenvalue weighted by atomic mass is 9.89. The normalized spacial score (nSPS) is 25.7. The summed E-state index contributed by atoms with van der Waals surface area (Å²) in [4.78, 5) is 25.7. The molecule has 0 saturated carbocycles. The van der Waals surface area contributed by atoms with Gasteiger partial charge in [0.25, 0.3) is 0 Å². The van der Waals surface area contributed by atoms with Gasteiger partial charge in [0, 0.05) is 19.1 Å². The zero-order valence-electron chi connectivity index (χ0n) is 16.0. The fourth-order valence-corrected chi connectivity index (χ4v) is 3.79. The van der Waals surface area contributed by atoms with Gasteiger partial charge in [0.1, 0.15) is 5.60 Å². The van der Waals surface area contributed by atoms with Gasteiger partial charge in [-0.1, -0.05) is 18.2 Å². The summed E-state index contributed by atoms with van der Waals surface area (Å²) in [5, 5.41) is 3.19. The molecule has 3 atom stereocenters. The Morgan fingerprint density at radius 1 is 1.27 bits per heavy atom. The second-order valence-corrected chi connectivity index (χ2v) is 8.49. The number of carbonyl (C=O) groups is 2. The molecule has 142 valence electrons. The Hall–Kier alpha value is -2.08. The monoisotopic (exact) mass is 359 g/mol. The van der Waals surface area contributed by atoms with Crippen LogP contribution in [-0.4, -0.2) is 41.1 Å². The highest BCUT2D eigenvalue weighted by Gasteiger charge is 2.32. The van der Waals surface area contributed by atoms with Crippen LogP contribution >= 0.6 is 0 Å². The molecule has 3 unspecified atom stereocenters. The van der Waals surface area contributed by atoms with Crippen LogP contribution in [0.2, 0.25) is 0 Å². The first kappa shape index (κ1) is 18.7. The molecule has 6 heteroatoms. The van der Waals surface area contributed by atoms with Crippen molar-refractivity contribution in [1.29, 1.82) is 0 Å². The predicted octanol–water partition coefficient (Wildman–Crippen LogP) is 2.30. The van der Waals surface area contributed by atoms with E-state index in [-0.39, 0.29) is 30.0 Å². The molecule has 3 rings (SSSR count). The fourth-order valence-electron chi connectivity index (χ4n) is 3.79. The Labute approximate surface area is 155 Å². The molecular formula is C20H29N3O3. The van der Waals surface area contributed by atoms with Crippen molar-refractivity contribution in [2.75, 3.05) is 6.54 Å². The van der Waals surface area contributed by atoms with E-state index in [4.69, 9.17) is 10.5 Å². The number of carbonyl (C=O) groups excluding carboxylic acids is 2. The largest absolute Gasteiger partial charge is 0.444 e. The zero-order valence-corrected chi connectivity index (χ0v) is 16.0.